The summed E-state index contributed by atoms with van der Waals surface area (Å²) in [4.78, 5) is 0. The molecule has 0 aromatic rings. The van der Waals surface area contributed by atoms with Gasteiger partial charge in [0, 0.05) is 0 Å². The first-order chi connectivity index (χ1) is 4.77. The predicted molar refractivity (Wildman–Crippen MR) is 44.7 cm³/mol. The van der Waals surface area contributed by atoms with E-state index in [4.69, 9.17) is 5.11 Å². The van der Waals surface area contributed by atoms with Crippen molar-refractivity contribution < 1.29 is 5.11 Å². The van der Waals surface area contributed by atoms with E-state index in [0.717, 1.165) is 19.3 Å². The second-order valence-corrected chi connectivity index (χ2v) is 2.91. The number of hydrogen-bond donors (Lipinski definition) is 1. The molecule has 0 saturated heterocycles. The predicted octanol–water partition coefficient (Wildman–Crippen LogP) is 2.54. The molecule has 0 rings (SSSR count). The Morgan fingerprint density at radius 3 is 2.30 bits per heavy atom. The van der Waals surface area contributed by atoms with E-state index in [1.54, 1.807) is 0 Å². The molecule has 0 aromatic heterocycles. The Hall–Kier alpha value is -0.0400. The summed E-state index contributed by atoms with van der Waals surface area (Å²) in [6.45, 7) is 5.62. The molecule has 1 N–H and O–H groups in total. The van der Waals surface area contributed by atoms with E-state index in [-0.39, 0.29) is 6.10 Å². The topological polar surface area (TPSA) is 20.2 Å². The van der Waals surface area contributed by atoms with Crippen LogP contribution >= 0.6 is 0 Å². The lowest BCUT2D eigenvalue weighted by Crippen LogP contribution is -1.97. The average Bonchev–Trinajstić information content (AvgIpc) is 1.87. The fraction of sp³-hybridized carbons (Fsp3) is 0.889. The SMILES string of the molecule is [CH2]CCCCCCC(C)O. The second-order valence-electron chi connectivity index (χ2n) is 2.91. The van der Waals surface area contributed by atoms with Crippen molar-refractivity contribution in [3.8, 4) is 0 Å². The molecule has 61 valence electrons. The normalized spacial score (nSPS) is 13.5. The maximum atomic E-state index is 8.90. The van der Waals surface area contributed by atoms with Crippen molar-refractivity contribution in [1.29, 1.82) is 0 Å². The molecule has 1 radical (unpaired) electrons. The smallest absolute Gasteiger partial charge is 0.0512 e. The third kappa shape index (κ3) is 7.96. The summed E-state index contributed by atoms with van der Waals surface area (Å²) in [5, 5.41) is 8.90. The summed E-state index contributed by atoms with van der Waals surface area (Å²) in [5.74, 6) is 0. The van der Waals surface area contributed by atoms with Gasteiger partial charge in [-0.25, -0.2) is 0 Å². The highest BCUT2D eigenvalue weighted by molar-refractivity contribution is 4.49. The van der Waals surface area contributed by atoms with Gasteiger partial charge in [0.15, 0.2) is 0 Å². The van der Waals surface area contributed by atoms with Gasteiger partial charge in [0.1, 0.15) is 0 Å². The highest BCUT2D eigenvalue weighted by Gasteiger charge is 1.94. The van der Waals surface area contributed by atoms with Gasteiger partial charge < -0.3 is 5.11 Å². The molecule has 1 heteroatoms. The first kappa shape index (κ1) is 9.96. The molecule has 10 heavy (non-hydrogen) atoms. The molecule has 0 amide bonds. The van der Waals surface area contributed by atoms with E-state index in [2.05, 4.69) is 6.92 Å². The monoisotopic (exact) mass is 143 g/mol. The van der Waals surface area contributed by atoms with Gasteiger partial charge in [-0.3, -0.25) is 0 Å². The maximum absolute atomic E-state index is 8.90. The van der Waals surface area contributed by atoms with Crippen LogP contribution < -0.4 is 0 Å². The highest BCUT2D eigenvalue weighted by Crippen LogP contribution is 2.06. The Bertz CT molecular complexity index is 59.7. The summed E-state index contributed by atoms with van der Waals surface area (Å²) in [6.07, 6.45) is 6.82. The molecule has 0 aromatic carbocycles. The molecule has 0 fully saturated rings. The summed E-state index contributed by atoms with van der Waals surface area (Å²) in [5.41, 5.74) is 0. The number of aliphatic hydroxyl groups excluding tert-OH is 1. The van der Waals surface area contributed by atoms with Crippen molar-refractivity contribution in [2.45, 2.75) is 51.6 Å². The standard InChI is InChI=1S/C9H19O/c1-3-4-5-6-7-8-9(2)10/h9-10H,1,3-8H2,2H3. The van der Waals surface area contributed by atoms with Gasteiger partial charge in [-0.2, -0.15) is 0 Å². The molecule has 0 aliphatic carbocycles. The number of unbranched alkanes of at least 4 members (excludes halogenated alkanes) is 4. The van der Waals surface area contributed by atoms with Crippen LogP contribution in [0.25, 0.3) is 0 Å². The zero-order valence-corrected chi connectivity index (χ0v) is 6.97. The summed E-state index contributed by atoms with van der Waals surface area (Å²) in [6, 6.07) is 0. The van der Waals surface area contributed by atoms with Crippen molar-refractivity contribution in [3.63, 3.8) is 0 Å². The molecule has 0 saturated carbocycles. The van der Waals surface area contributed by atoms with E-state index in [1.165, 1.54) is 19.3 Å². The Labute approximate surface area is 64.5 Å². The lowest BCUT2D eigenvalue weighted by Gasteiger charge is -2.02. The van der Waals surface area contributed by atoms with Gasteiger partial charge in [-0.05, 0) is 13.3 Å². The third-order valence-electron chi connectivity index (χ3n) is 1.62. The lowest BCUT2D eigenvalue weighted by atomic mass is 10.1. The van der Waals surface area contributed by atoms with Gasteiger partial charge in [0.05, 0.1) is 6.10 Å². The van der Waals surface area contributed by atoms with E-state index < -0.39 is 0 Å². The fourth-order valence-corrected chi connectivity index (χ4v) is 0.970. The van der Waals surface area contributed by atoms with E-state index >= 15 is 0 Å². The Morgan fingerprint density at radius 2 is 1.80 bits per heavy atom. The summed E-state index contributed by atoms with van der Waals surface area (Å²) < 4.78 is 0. The van der Waals surface area contributed by atoms with Crippen LogP contribution in [-0.2, 0) is 0 Å². The number of rotatable bonds is 6. The van der Waals surface area contributed by atoms with Crippen LogP contribution in [0.4, 0.5) is 0 Å². The highest BCUT2D eigenvalue weighted by atomic mass is 16.3. The zero-order chi connectivity index (χ0) is 7.82. The van der Waals surface area contributed by atoms with Crippen LogP contribution in [-0.4, -0.2) is 11.2 Å². The quantitative estimate of drug-likeness (QED) is 0.566. The molecule has 1 unspecified atom stereocenters. The van der Waals surface area contributed by atoms with Crippen molar-refractivity contribution in [3.05, 3.63) is 6.92 Å². The first-order valence-electron chi connectivity index (χ1n) is 4.24. The largest absolute Gasteiger partial charge is 0.393 e. The molecule has 0 heterocycles. The van der Waals surface area contributed by atoms with Gasteiger partial charge >= 0.3 is 0 Å². The maximum Gasteiger partial charge on any atom is 0.0512 e. The lowest BCUT2D eigenvalue weighted by molar-refractivity contribution is 0.180. The molecule has 0 spiro atoms. The Morgan fingerprint density at radius 1 is 1.20 bits per heavy atom. The van der Waals surface area contributed by atoms with Crippen molar-refractivity contribution in [2.24, 2.45) is 0 Å². The summed E-state index contributed by atoms with van der Waals surface area (Å²) in [7, 11) is 0. The van der Waals surface area contributed by atoms with Crippen LogP contribution in [0.3, 0.4) is 0 Å². The summed E-state index contributed by atoms with van der Waals surface area (Å²) >= 11 is 0. The minimum atomic E-state index is -0.111. The van der Waals surface area contributed by atoms with Crippen molar-refractivity contribution in [1.82, 2.24) is 0 Å². The number of hydrogen-bond acceptors (Lipinski definition) is 1. The van der Waals surface area contributed by atoms with Crippen molar-refractivity contribution >= 4 is 0 Å². The Balaban J connectivity index is 2.77. The first-order valence-corrected chi connectivity index (χ1v) is 4.24. The molecule has 0 aliphatic heterocycles. The fourth-order valence-electron chi connectivity index (χ4n) is 0.970. The second kappa shape index (κ2) is 7.07. The van der Waals surface area contributed by atoms with E-state index in [0.29, 0.717) is 0 Å². The minimum absolute atomic E-state index is 0.111. The molecular weight excluding hydrogens is 124 g/mol. The van der Waals surface area contributed by atoms with Gasteiger partial charge in [0.25, 0.3) is 0 Å². The average molecular weight is 143 g/mol. The minimum Gasteiger partial charge on any atom is -0.393 e. The molecule has 1 atom stereocenters. The third-order valence-corrected chi connectivity index (χ3v) is 1.62. The van der Waals surface area contributed by atoms with Crippen LogP contribution in [0.15, 0.2) is 0 Å². The number of aliphatic hydroxyl groups is 1. The van der Waals surface area contributed by atoms with E-state index in [1.807, 2.05) is 6.92 Å². The molecular formula is C9H19O. The van der Waals surface area contributed by atoms with Gasteiger partial charge in [0.2, 0.25) is 0 Å². The Kier molecular flexibility index (Phi) is 7.04. The van der Waals surface area contributed by atoms with Crippen LogP contribution in [0.5, 0.6) is 0 Å². The van der Waals surface area contributed by atoms with E-state index in [9.17, 15) is 0 Å². The van der Waals surface area contributed by atoms with Crippen LogP contribution in [0.2, 0.25) is 0 Å². The van der Waals surface area contributed by atoms with Gasteiger partial charge in [-0.15, -0.1) is 0 Å². The molecule has 0 aliphatic rings. The van der Waals surface area contributed by atoms with Crippen molar-refractivity contribution in [2.75, 3.05) is 0 Å². The van der Waals surface area contributed by atoms with Gasteiger partial charge in [-0.1, -0.05) is 39.0 Å². The van der Waals surface area contributed by atoms with Crippen LogP contribution in [0, 0.1) is 6.92 Å². The molecule has 0 bridgehead atoms. The van der Waals surface area contributed by atoms with Crippen LogP contribution in [0.1, 0.15) is 45.4 Å². The zero-order valence-electron chi connectivity index (χ0n) is 6.97. The molecule has 1 nitrogen and oxygen atoms in total.